The number of anilines is 1. The van der Waals surface area contributed by atoms with Crippen LogP contribution in [0.15, 0.2) is 6.20 Å². The molecule has 0 amide bonds. The van der Waals surface area contributed by atoms with Crippen molar-refractivity contribution < 1.29 is 9.50 Å². The monoisotopic (exact) mass is 216 g/mol. The first-order valence-corrected chi connectivity index (χ1v) is 5.51. The Hall–Kier alpha value is -0.680. The molecule has 0 radical (unpaired) electrons. The zero-order valence-corrected chi connectivity index (χ0v) is 8.80. The Kier molecular flexibility index (Phi) is 2.69. The van der Waals surface area contributed by atoms with E-state index < -0.39 is 12.3 Å². The second-order valence-electron chi connectivity index (χ2n) is 3.55. The van der Waals surface area contributed by atoms with Crippen LogP contribution in [0.4, 0.5) is 9.52 Å². The van der Waals surface area contributed by atoms with E-state index in [9.17, 15) is 9.50 Å². The van der Waals surface area contributed by atoms with E-state index >= 15 is 0 Å². The average molecular weight is 216 g/mol. The van der Waals surface area contributed by atoms with Crippen LogP contribution in [0.25, 0.3) is 0 Å². The van der Waals surface area contributed by atoms with Crippen LogP contribution >= 0.6 is 11.3 Å². The first kappa shape index (κ1) is 9.86. The summed E-state index contributed by atoms with van der Waals surface area (Å²) in [6, 6.07) is 0. The van der Waals surface area contributed by atoms with Gasteiger partial charge in [0.25, 0.3) is 0 Å². The molecule has 1 aliphatic rings. The average Bonchev–Trinajstić information content (AvgIpc) is 2.70. The lowest BCUT2D eigenvalue weighted by Gasteiger charge is -2.12. The molecule has 1 saturated heterocycles. The number of hydrogen-bond donors (Lipinski definition) is 1. The van der Waals surface area contributed by atoms with E-state index in [2.05, 4.69) is 4.98 Å². The molecule has 1 fully saturated rings. The molecule has 0 saturated carbocycles. The van der Waals surface area contributed by atoms with Gasteiger partial charge in [-0.15, -0.1) is 0 Å². The van der Waals surface area contributed by atoms with Crippen LogP contribution in [0, 0.1) is 0 Å². The minimum atomic E-state index is -0.728. The molecular formula is C9H13FN2OS. The summed E-state index contributed by atoms with van der Waals surface area (Å²) in [6.45, 7) is 2.87. The number of aliphatic hydroxyl groups is 1. The third kappa shape index (κ3) is 1.88. The van der Waals surface area contributed by atoms with Gasteiger partial charge < -0.3 is 10.0 Å². The van der Waals surface area contributed by atoms with Crippen molar-refractivity contribution in [1.82, 2.24) is 4.98 Å². The largest absolute Gasteiger partial charge is 0.388 e. The molecule has 1 N–H and O–H groups in total. The summed E-state index contributed by atoms with van der Waals surface area (Å²) in [5.41, 5.74) is 0. The minimum Gasteiger partial charge on any atom is -0.388 e. The number of hydrogen-bond acceptors (Lipinski definition) is 4. The van der Waals surface area contributed by atoms with Crippen LogP contribution in [0.3, 0.4) is 0 Å². The van der Waals surface area contributed by atoms with Crippen molar-refractivity contribution in [3.05, 3.63) is 11.1 Å². The standard InChI is InChI=1S/C9H13FN2OS/c1-6(13)8-4-11-9(14-8)12-3-2-7(10)5-12/h4,6-7,13H,2-3,5H2,1H3. The molecule has 3 nitrogen and oxygen atoms in total. The molecule has 78 valence electrons. The Morgan fingerprint density at radius 2 is 2.57 bits per heavy atom. The van der Waals surface area contributed by atoms with Gasteiger partial charge in [-0.3, -0.25) is 0 Å². The smallest absolute Gasteiger partial charge is 0.185 e. The van der Waals surface area contributed by atoms with Crippen LogP contribution in [0.1, 0.15) is 24.3 Å². The summed E-state index contributed by atoms with van der Waals surface area (Å²) in [6.07, 6.45) is 1.04. The highest BCUT2D eigenvalue weighted by molar-refractivity contribution is 7.15. The zero-order valence-electron chi connectivity index (χ0n) is 7.98. The lowest BCUT2D eigenvalue weighted by atomic mass is 10.3. The van der Waals surface area contributed by atoms with Crippen molar-refractivity contribution in [3.63, 3.8) is 0 Å². The van der Waals surface area contributed by atoms with Crippen molar-refractivity contribution in [2.24, 2.45) is 0 Å². The second kappa shape index (κ2) is 3.82. The fourth-order valence-electron chi connectivity index (χ4n) is 1.51. The SMILES string of the molecule is CC(O)c1cnc(N2CCC(F)C2)s1. The predicted octanol–water partition coefficient (Wildman–Crippen LogP) is 1.74. The number of halogens is 1. The number of aromatic nitrogens is 1. The van der Waals surface area contributed by atoms with Crippen molar-refractivity contribution in [2.75, 3.05) is 18.0 Å². The zero-order chi connectivity index (χ0) is 10.1. The maximum atomic E-state index is 12.9. The van der Waals surface area contributed by atoms with Crippen molar-refractivity contribution in [3.8, 4) is 0 Å². The van der Waals surface area contributed by atoms with Gasteiger partial charge >= 0.3 is 0 Å². The molecule has 2 heterocycles. The topological polar surface area (TPSA) is 36.4 Å². The van der Waals surface area contributed by atoms with Gasteiger partial charge in [-0.2, -0.15) is 0 Å². The third-order valence-electron chi connectivity index (χ3n) is 2.32. The maximum Gasteiger partial charge on any atom is 0.185 e. The Morgan fingerprint density at radius 3 is 3.07 bits per heavy atom. The number of rotatable bonds is 2. The van der Waals surface area contributed by atoms with E-state index in [0.717, 1.165) is 16.6 Å². The highest BCUT2D eigenvalue weighted by Gasteiger charge is 2.24. The van der Waals surface area contributed by atoms with Gasteiger partial charge in [0.2, 0.25) is 0 Å². The maximum absolute atomic E-state index is 12.9. The van der Waals surface area contributed by atoms with Gasteiger partial charge in [0.05, 0.1) is 17.5 Å². The lowest BCUT2D eigenvalue weighted by Crippen LogP contribution is -2.19. The van der Waals surface area contributed by atoms with E-state index in [1.807, 2.05) is 4.90 Å². The minimum absolute atomic E-state index is 0.437. The normalized spacial score (nSPS) is 24.2. The Morgan fingerprint density at radius 1 is 1.79 bits per heavy atom. The van der Waals surface area contributed by atoms with Crippen LogP contribution < -0.4 is 4.90 Å². The van der Waals surface area contributed by atoms with E-state index in [0.29, 0.717) is 13.0 Å². The molecule has 0 spiro atoms. The molecular weight excluding hydrogens is 203 g/mol. The number of aliphatic hydroxyl groups excluding tert-OH is 1. The van der Waals surface area contributed by atoms with Crippen molar-refractivity contribution in [1.29, 1.82) is 0 Å². The fraction of sp³-hybridized carbons (Fsp3) is 0.667. The van der Waals surface area contributed by atoms with Gasteiger partial charge in [0.15, 0.2) is 5.13 Å². The first-order valence-electron chi connectivity index (χ1n) is 4.69. The molecule has 1 aromatic rings. The van der Waals surface area contributed by atoms with Gasteiger partial charge in [-0.05, 0) is 13.3 Å². The molecule has 1 aliphatic heterocycles. The fourth-order valence-corrected chi connectivity index (χ4v) is 2.39. The van der Waals surface area contributed by atoms with Gasteiger partial charge in [-0.1, -0.05) is 11.3 Å². The summed E-state index contributed by atoms with van der Waals surface area (Å²) < 4.78 is 12.9. The van der Waals surface area contributed by atoms with E-state index in [1.165, 1.54) is 11.3 Å². The number of thiazole rings is 1. The number of alkyl halides is 1. The van der Waals surface area contributed by atoms with Crippen LogP contribution in [-0.2, 0) is 0 Å². The molecule has 0 bridgehead atoms. The predicted molar refractivity (Wildman–Crippen MR) is 54.5 cm³/mol. The third-order valence-corrected chi connectivity index (χ3v) is 3.55. The lowest BCUT2D eigenvalue weighted by molar-refractivity contribution is 0.203. The molecule has 1 aromatic heterocycles. The summed E-state index contributed by atoms with van der Waals surface area (Å²) in [5, 5.41) is 10.1. The van der Waals surface area contributed by atoms with Crippen molar-refractivity contribution >= 4 is 16.5 Å². The molecule has 0 aromatic carbocycles. The van der Waals surface area contributed by atoms with Gasteiger partial charge in [0.1, 0.15) is 6.17 Å². The molecule has 2 atom stereocenters. The van der Waals surface area contributed by atoms with E-state index in [-0.39, 0.29) is 0 Å². The number of nitrogens with zero attached hydrogens (tertiary/aromatic N) is 2. The summed E-state index contributed by atoms with van der Waals surface area (Å²) in [5.74, 6) is 0. The Balaban J connectivity index is 2.09. The Bertz CT molecular complexity index is 316. The van der Waals surface area contributed by atoms with Crippen LogP contribution in [-0.4, -0.2) is 29.4 Å². The summed E-state index contributed by atoms with van der Waals surface area (Å²) in [4.78, 5) is 6.94. The van der Waals surface area contributed by atoms with Crippen LogP contribution in [0.5, 0.6) is 0 Å². The summed E-state index contributed by atoms with van der Waals surface area (Å²) >= 11 is 1.44. The van der Waals surface area contributed by atoms with Crippen molar-refractivity contribution in [2.45, 2.75) is 25.6 Å². The van der Waals surface area contributed by atoms with Gasteiger partial charge in [-0.25, -0.2) is 9.37 Å². The van der Waals surface area contributed by atoms with E-state index in [1.54, 1.807) is 13.1 Å². The quantitative estimate of drug-likeness (QED) is 0.818. The Labute approximate surface area is 86.2 Å². The van der Waals surface area contributed by atoms with E-state index in [4.69, 9.17) is 0 Å². The highest BCUT2D eigenvalue weighted by Crippen LogP contribution is 2.29. The molecule has 2 rings (SSSR count). The molecule has 0 aliphatic carbocycles. The summed E-state index contributed by atoms with van der Waals surface area (Å²) in [7, 11) is 0. The molecule has 2 unspecified atom stereocenters. The highest BCUT2D eigenvalue weighted by atomic mass is 32.1. The molecule has 5 heteroatoms. The first-order chi connectivity index (χ1) is 6.66. The second-order valence-corrected chi connectivity index (χ2v) is 4.59. The molecule has 14 heavy (non-hydrogen) atoms. The van der Waals surface area contributed by atoms with Crippen LogP contribution in [0.2, 0.25) is 0 Å². The van der Waals surface area contributed by atoms with Gasteiger partial charge in [0, 0.05) is 12.7 Å².